The summed E-state index contributed by atoms with van der Waals surface area (Å²) in [5.41, 5.74) is 0.904. The molecule has 150 valence electrons. The number of sulfone groups is 1. The van der Waals surface area contributed by atoms with Crippen LogP contribution in [0.5, 0.6) is 0 Å². The highest BCUT2D eigenvalue weighted by Gasteiger charge is 2.48. The molecular formula is C21H32N2O3S. The van der Waals surface area contributed by atoms with Crippen molar-refractivity contribution < 1.29 is 13.2 Å². The fourth-order valence-corrected chi connectivity index (χ4v) is 5.38. The number of nitrogens with zero attached hydrogens (tertiary/aromatic N) is 2. The monoisotopic (exact) mass is 392 g/mol. The quantitative estimate of drug-likeness (QED) is 0.773. The highest BCUT2D eigenvalue weighted by molar-refractivity contribution is 7.90. The standard InChI is InChI=1S/C21H32N2O3S/c1-4-22(2)18-15-21(12-6-5-7-13-21)23(16-18)20(24)14-17-8-10-19(11-9-17)27(3,25)26/h8-11,18H,4-7,12-16H2,1-3H3. The fraction of sp³-hybridized carbons (Fsp3) is 0.667. The molecule has 1 unspecified atom stereocenters. The summed E-state index contributed by atoms with van der Waals surface area (Å²) < 4.78 is 23.3. The lowest BCUT2D eigenvalue weighted by atomic mass is 9.79. The summed E-state index contributed by atoms with van der Waals surface area (Å²) in [6.45, 7) is 3.97. The van der Waals surface area contributed by atoms with Crippen LogP contribution in [-0.4, -0.2) is 62.1 Å². The number of benzene rings is 1. The van der Waals surface area contributed by atoms with Crippen molar-refractivity contribution in [1.82, 2.24) is 9.80 Å². The third-order valence-corrected chi connectivity index (χ3v) is 7.62. The molecule has 1 saturated heterocycles. The van der Waals surface area contributed by atoms with Gasteiger partial charge in [0.15, 0.2) is 9.84 Å². The second-order valence-corrected chi connectivity index (χ2v) is 10.3. The normalized spacial score (nSPS) is 22.5. The molecule has 1 amide bonds. The van der Waals surface area contributed by atoms with Gasteiger partial charge < -0.3 is 9.80 Å². The van der Waals surface area contributed by atoms with Gasteiger partial charge in [-0.2, -0.15) is 0 Å². The van der Waals surface area contributed by atoms with Gasteiger partial charge in [0, 0.05) is 24.4 Å². The second-order valence-electron chi connectivity index (χ2n) is 8.31. The van der Waals surface area contributed by atoms with E-state index in [4.69, 9.17) is 0 Å². The van der Waals surface area contributed by atoms with Crippen LogP contribution in [-0.2, 0) is 21.1 Å². The Kier molecular flexibility index (Phi) is 5.96. The van der Waals surface area contributed by atoms with E-state index < -0.39 is 9.84 Å². The van der Waals surface area contributed by atoms with Crippen molar-refractivity contribution in [3.63, 3.8) is 0 Å². The SMILES string of the molecule is CCN(C)C1CN(C(=O)Cc2ccc(S(C)(=O)=O)cc2)C2(CCCCC2)C1. The molecule has 1 aromatic carbocycles. The molecule has 1 atom stereocenters. The Morgan fingerprint density at radius 3 is 2.37 bits per heavy atom. The maximum Gasteiger partial charge on any atom is 0.227 e. The van der Waals surface area contributed by atoms with E-state index in [9.17, 15) is 13.2 Å². The van der Waals surface area contributed by atoms with Gasteiger partial charge in [0.05, 0.1) is 11.3 Å². The van der Waals surface area contributed by atoms with E-state index in [0.717, 1.165) is 37.9 Å². The van der Waals surface area contributed by atoms with Gasteiger partial charge in [0.25, 0.3) is 0 Å². The molecule has 6 heteroatoms. The number of hydrogen-bond donors (Lipinski definition) is 0. The molecule has 27 heavy (non-hydrogen) atoms. The summed E-state index contributed by atoms with van der Waals surface area (Å²) in [5.74, 6) is 0.177. The highest BCUT2D eigenvalue weighted by Crippen LogP contribution is 2.43. The zero-order valence-corrected chi connectivity index (χ0v) is 17.6. The lowest BCUT2D eigenvalue weighted by Gasteiger charge is -2.41. The molecule has 1 aliphatic carbocycles. The molecule has 1 aromatic rings. The lowest BCUT2D eigenvalue weighted by Crippen LogP contribution is -2.49. The average molecular weight is 393 g/mol. The maximum absolute atomic E-state index is 13.2. The minimum atomic E-state index is -3.21. The van der Waals surface area contributed by atoms with Crippen molar-refractivity contribution in [2.24, 2.45) is 0 Å². The molecule has 1 aliphatic heterocycles. The summed E-state index contributed by atoms with van der Waals surface area (Å²) in [7, 11) is -1.05. The number of likely N-dealkylation sites (tertiary alicyclic amines) is 1. The Morgan fingerprint density at radius 1 is 1.19 bits per heavy atom. The van der Waals surface area contributed by atoms with Crippen LogP contribution in [0.2, 0.25) is 0 Å². The molecular weight excluding hydrogens is 360 g/mol. The Balaban J connectivity index is 1.77. The fourth-order valence-electron chi connectivity index (χ4n) is 4.75. The minimum absolute atomic E-state index is 0.0239. The van der Waals surface area contributed by atoms with E-state index in [1.807, 2.05) is 0 Å². The molecule has 0 radical (unpaired) electrons. The minimum Gasteiger partial charge on any atom is -0.335 e. The van der Waals surface area contributed by atoms with Crippen LogP contribution >= 0.6 is 0 Å². The summed E-state index contributed by atoms with van der Waals surface area (Å²) in [5, 5.41) is 0. The van der Waals surface area contributed by atoms with Gasteiger partial charge in [-0.15, -0.1) is 0 Å². The van der Waals surface area contributed by atoms with Crippen molar-refractivity contribution in [3.05, 3.63) is 29.8 Å². The topological polar surface area (TPSA) is 57.7 Å². The van der Waals surface area contributed by atoms with E-state index in [1.54, 1.807) is 24.3 Å². The second kappa shape index (κ2) is 7.92. The van der Waals surface area contributed by atoms with Gasteiger partial charge in [0.2, 0.25) is 5.91 Å². The predicted octanol–water partition coefficient (Wildman–Crippen LogP) is 2.89. The molecule has 5 nitrogen and oxygen atoms in total. The van der Waals surface area contributed by atoms with Gasteiger partial charge in [0.1, 0.15) is 0 Å². The Hall–Kier alpha value is -1.40. The van der Waals surface area contributed by atoms with Crippen LogP contribution in [0.3, 0.4) is 0 Å². The van der Waals surface area contributed by atoms with Crippen LogP contribution in [0, 0.1) is 0 Å². The number of carbonyl (C=O) groups excluding carboxylic acids is 1. The zero-order chi connectivity index (χ0) is 19.7. The van der Waals surface area contributed by atoms with Crippen LogP contribution in [0.4, 0.5) is 0 Å². The van der Waals surface area contributed by atoms with Gasteiger partial charge in [-0.3, -0.25) is 4.79 Å². The third-order valence-electron chi connectivity index (χ3n) is 6.50. The third kappa shape index (κ3) is 4.37. The van der Waals surface area contributed by atoms with E-state index in [0.29, 0.717) is 17.4 Å². The Bertz CT molecular complexity index is 767. The van der Waals surface area contributed by atoms with Crippen molar-refractivity contribution >= 4 is 15.7 Å². The van der Waals surface area contributed by atoms with E-state index in [2.05, 4.69) is 23.8 Å². The van der Waals surface area contributed by atoms with Crippen LogP contribution < -0.4 is 0 Å². The number of rotatable bonds is 5. The van der Waals surface area contributed by atoms with Crippen molar-refractivity contribution in [2.75, 3.05) is 26.4 Å². The first-order valence-electron chi connectivity index (χ1n) is 10.0. The molecule has 0 N–H and O–H groups in total. The van der Waals surface area contributed by atoms with E-state index in [1.165, 1.54) is 25.5 Å². The lowest BCUT2D eigenvalue weighted by molar-refractivity contribution is -0.135. The number of carbonyl (C=O) groups is 1. The van der Waals surface area contributed by atoms with Crippen molar-refractivity contribution in [1.29, 1.82) is 0 Å². The van der Waals surface area contributed by atoms with Crippen LogP contribution in [0.1, 0.15) is 51.0 Å². The number of likely N-dealkylation sites (N-methyl/N-ethyl adjacent to an activating group) is 1. The molecule has 2 fully saturated rings. The number of amides is 1. The first-order chi connectivity index (χ1) is 12.7. The summed E-state index contributed by atoms with van der Waals surface area (Å²) in [6, 6.07) is 7.18. The molecule has 0 bridgehead atoms. The summed E-state index contributed by atoms with van der Waals surface area (Å²) in [4.78, 5) is 18.0. The largest absolute Gasteiger partial charge is 0.335 e. The van der Waals surface area contributed by atoms with Crippen molar-refractivity contribution in [2.45, 2.75) is 68.3 Å². The van der Waals surface area contributed by atoms with Crippen LogP contribution in [0.15, 0.2) is 29.2 Å². The maximum atomic E-state index is 13.2. The molecule has 2 aliphatic rings. The van der Waals surface area contributed by atoms with Gasteiger partial charge in [-0.1, -0.05) is 38.3 Å². The summed E-state index contributed by atoms with van der Waals surface area (Å²) in [6.07, 6.45) is 8.52. The van der Waals surface area contributed by atoms with Gasteiger partial charge in [-0.05, 0) is 50.6 Å². The first kappa shape index (κ1) is 20.3. The molecule has 0 aromatic heterocycles. The smallest absolute Gasteiger partial charge is 0.227 e. The molecule has 3 rings (SSSR count). The molecule has 1 saturated carbocycles. The van der Waals surface area contributed by atoms with Crippen LogP contribution in [0.25, 0.3) is 0 Å². The Morgan fingerprint density at radius 2 is 1.81 bits per heavy atom. The molecule has 1 spiro atoms. The van der Waals surface area contributed by atoms with Crippen molar-refractivity contribution in [3.8, 4) is 0 Å². The Labute approximate surface area is 163 Å². The van der Waals surface area contributed by atoms with Gasteiger partial charge >= 0.3 is 0 Å². The predicted molar refractivity (Wildman–Crippen MR) is 107 cm³/mol. The molecule has 1 heterocycles. The van der Waals surface area contributed by atoms with E-state index in [-0.39, 0.29) is 11.4 Å². The summed E-state index contributed by atoms with van der Waals surface area (Å²) >= 11 is 0. The van der Waals surface area contributed by atoms with E-state index >= 15 is 0 Å². The first-order valence-corrected chi connectivity index (χ1v) is 11.9. The average Bonchev–Trinajstić information content (AvgIpc) is 3.00. The zero-order valence-electron chi connectivity index (χ0n) is 16.8. The van der Waals surface area contributed by atoms with Gasteiger partial charge in [-0.25, -0.2) is 8.42 Å². The number of hydrogen-bond acceptors (Lipinski definition) is 4. The highest BCUT2D eigenvalue weighted by atomic mass is 32.2.